The lowest BCUT2D eigenvalue weighted by Crippen LogP contribution is -2.50. The van der Waals surface area contributed by atoms with Crippen molar-refractivity contribution < 1.29 is 18.7 Å². The second kappa shape index (κ2) is 6.33. The molecule has 22 heavy (non-hydrogen) atoms. The van der Waals surface area contributed by atoms with E-state index in [1.807, 2.05) is 0 Å². The zero-order valence-corrected chi connectivity index (χ0v) is 13.0. The maximum atomic E-state index is 14.2. The molecule has 0 bridgehead atoms. The summed E-state index contributed by atoms with van der Waals surface area (Å²) in [6.07, 6.45) is -2.15. The molecule has 1 saturated heterocycles. The Morgan fingerprint density at radius 1 is 1.41 bits per heavy atom. The second-order valence-corrected chi connectivity index (χ2v) is 6.18. The van der Waals surface area contributed by atoms with Crippen LogP contribution < -0.4 is 10.5 Å². The van der Waals surface area contributed by atoms with Crippen LogP contribution in [0.1, 0.15) is 27.2 Å². The van der Waals surface area contributed by atoms with Crippen LogP contribution in [0.2, 0.25) is 0 Å². The molecule has 0 spiro atoms. The maximum Gasteiger partial charge on any atom is 0.410 e. The number of hydrogen-bond donors (Lipinski definition) is 1. The van der Waals surface area contributed by atoms with Crippen LogP contribution >= 0.6 is 0 Å². The maximum absolute atomic E-state index is 14.2. The monoisotopic (exact) mass is 312 g/mol. The molecule has 1 aromatic heterocycles. The van der Waals surface area contributed by atoms with E-state index < -0.39 is 24.0 Å². The van der Waals surface area contributed by atoms with E-state index >= 15 is 0 Å². The number of ether oxygens (including phenoxy) is 2. The number of halogens is 1. The largest absolute Gasteiger partial charge is 0.470 e. The Morgan fingerprint density at radius 3 is 2.68 bits per heavy atom. The molecule has 2 N–H and O–H groups in total. The van der Waals surface area contributed by atoms with Crippen molar-refractivity contribution in [1.82, 2.24) is 15.1 Å². The van der Waals surface area contributed by atoms with Gasteiger partial charge in [-0.05, 0) is 26.8 Å². The van der Waals surface area contributed by atoms with Gasteiger partial charge in [-0.25, -0.2) is 9.18 Å². The number of amides is 1. The topological polar surface area (TPSA) is 90.6 Å². The number of nitrogens with two attached hydrogens (primary N) is 1. The van der Waals surface area contributed by atoms with E-state index in [0.29, 0.717) is 13.0 Å². The van der Waals surface area contributed by atoms with Gasteiger partial charge in [-0.1, -0.05) is 0 Å². The summed E-state index contributed by atoms with van der Waals surface area (Å²) in [5.41, 5.74) is 4.83. The van der Waals surface area contributed by atoms with E-state index in [4.69, 9.17) is 15.2 Å². The van der Waals surface area contributed by atoms with E-state index in [1.54, 1.807) is 20.8 Å². The highest BCUT2D eigenvalue weighted by atomic mass is 19.1. The van der Waals surface area contributed by atoms with Gasteiger partial charge in [0.25, 0.3) is 0 Å². The third-order valence-electron chi connectivity index (χ3n) is 3.07. The van der Waals surface area contributed by atoms with Crippen molar-refractivity contribution in [2.45, 2.75) is 45.1 Å². The van der Waals surface area contributed by atoms with E-state index in [2.05, 4.69) is 10.2 Å². The second-order valence-electron chi connectivity index (χ2n) is 6.18. The minimum Gasteiger partial charge on any atom is -0.470 e. The lowest BCUT2D eigenvalue weighted by Gasteiger charge is -2.35. The Bertz CT molecular complexity index is 518. The molecule has 7 nitrogen and oxygen atoms in total. The van der Waals surface area contributed by atoms with Gasteiger partial charge in [0, 0.05) is 19.0 Å². The quantitative estimate of drug-likeness (QED) is 0.895. The minimum absolute atomic E-state index is 0.0675. The fraction of sp³-hybridized carbons (Fsp3) is 0.643. The average Bonchev–Trinajstić information content (AvgIpc) is 2.41. The molecule has 0 radical (unpaired) electrons. The fourth-order valence-corrected chi connectivity index (χ4v) is 2.06. The Balaban J connectivity index is 1.90. The van der Waals surface area contributed by atoms with Gasteiger partial charge >= 0.3 is 6.09 Å². The molecular weight excluding hydrogens is 291 g/mol. The number of nitrogen functional groups attached to an aromatic ring is 1. The molecule has 8 heteroatoms. The minimum atomic E-state index is -1.32. The van der Waals surface area contributed by atoms with E-state index in [0.717, 1.165) is 0 Å². The highest BCUT2D eigenvalue weighted by molar-refractivity contribution is 5.68. The van der Waals surface area contributed by atoms with Crippen molar-refractivity contribution in [3.8, 4) is 5.88 Å². The molecule has 0 unspecified atom stereocenters. The van der Waals surface area contributed by atoms with Crippen LogP contribution in [0.5, 0.6) is 5.88 Å². The highest BCUT2D eigenvalue weighted by Gasteiger charge is 2.35. The molecule has 1 fully saturated rings. The van der Waals surface area contributed by atoms with Crippen LogP contribution in [0.15, 0.2) is 12.1 Å². The number of anilines is 1. The molecule has 1 aliphatic rings. The first-order valence-electron chi connectivity index (χ1n) is 7.12. The molecule has 1 amide bonds. The Hall–Kier alpha value is -2.12. The third-order valence-corrected chi connectivity index (χ3v) is 3.07. The van der Waals surface area contributed by atoms with Crippen molar-refractivity contribution >= 4 is 11.9 Å². The molecule has 2 heterocycles. The standard InChI is InChI=1S/C14H21FN4O3/c1-14(2,3)22-13(20)19-7-6-10(9(15)8-19)21-12-5-4-11(16)17-18-12/h4-5,9-10H,6-8H2,1-3H3,(H2,16,17)/t9-,10+/m0/s1. The van der Waals surface area contributed by atoms with Gasteiger partial charge < -0.3 is 20.1 Å². The van der Waals surface area contributed by atoms with Crippen molar-refractivity contribution in [2.75, 3.05) is 18.8 Å². The Kier molecular flexibility index (Phi) is 4.68. The van der Waals surface area contributed by atoms with E-state index in [1.165, 1.54) is 17.0 Å². The number of rotatable bonds is 2. The zero-order chi connectivity index (χ0) is 16.3. The normalized spacial score (nSPS) is 22.3. The van der Waals surface area contributed by atoms with Crippen molar-refractivity contribution in [3.05, 3.63) is 12.1 Å². The van der Waals surface area contributed by atoms with E-state index in [-0.39, 0.29) is 18.2 Å². The number of hydrogen-bond acceptors (Lipinski definition) is 6. The van der Waals surface area contributed by atoms with Crippen LogP contribution in [0.25, 0.3) is 0 Å². The smallest absolute Gasteiger partial charge is 0.410 e. The van der Waals surface area contributed by atoms with Crippen molar-refractivity contribution in [3.63, 3.8) is 0 Å². The average molecular weight is 312 g/mol. The predicted molar refractivity (Wildman–Crippen MR) is 78.2 cm³/mol. The van der Waals surface area contributed by atoms with Crippen molar-refractivity contribution in [2.24, 2.45) is 0 Å². The Labute approximate surface area is 128 Å². The molecule has 0 aliphatic carbocycles. The van der Waals surface area contributed by atoms with Gasteiger partial charge in [0.2, 0.25) is 5.88 Å². The molecule has 2 atom stereocenters. The summed E-state index contributed by atoms with van der Waals surface area (Å²) in [4.78, 5) is 13.3. The van der Waals surface area contributed by atoms with Gasteiger partial charge in [-0.2, -0.15) is 0 Å². The lowest BCUT2D eigenvalue weighted by atomic mass is 10.1. The number of piperidine rings is 1. The predicted octanol–water partition coefficient (Wildman–Crippen LogP) is 1.79. The first kappa shape index (κ1) is 16.3. The number of aromatic nitrogens is 2. The molecule has 2 rings (SSSR count). The van der Waals surface area contributed by atoms with Crippen LogP contribution in [0.3, 0.4) is 0 Å². The third kappa shape index (κ3) is 4.44. The van der Waals surface area contributed by atoms with Gasteiger partial charge in [0.15, 0.2) is 6.17 Å². The summed E-state index contributed by atoms with van der Waals surface area (Å²) < 4.78 is 24.9. The van der Waals surface area contributed by atoms with Gasteiger partial charge in [-0.3, -0.25) is 0 Å². The molecule has 1 aromatic rings. The number of carbonyl (C=O) groups excluding carboxylic acids is 1. The molecule has 0 saturated carbocycles. The van der Waals surface area contributed by atoms with Gasteiger partial charge in [0.05, 0.1) is 6.54 Å². The number of alkyl halides is 1. The number of carbonyl (C=O) groups is 1. The SMILES string of the molecule is CC(C)(C)OC(=O)N1CC[C@@H](Oc2ccc(N)nn2)[C@@H](F)C1. The van der Waals surface area contributed by atoms with Crippen LogP contribution in [0.4, 0.5) is 15.0 Å². The Morgan fingerprint density at radius 2 is 2.14 bits per heavy atom. The highest BCUT2D eigenvalue weighted by Crippen LogP contribution is 2.21. The summed E-state index contributed by atoms with van der Waals surface area (Å²) in [5.74, 6) is 0.483. The van der Waals surface area contributed by atoms with Gasteiger partial charge in [0.1, 0.15) is 17.5 Å². The first-order chi connectivity index (χ1) is 10.2. The van der Waals surface area contributed by atoms with Crippen LogP contribution in [0, 0.1) is 0 Å². The summed E-state index contributed by atoms with van der Waals surface area (Å²) in [6.45, 7) is 5.61. The molecule has 1 aliphatic heterocycles. The van der Waals surface area contributed by atoms with Crippen LogP contribution in [-0.2, 0) is 4.74 Å². The summed E-state index contributed by atoms with van der Waals surface area (Å²) in [6, 6.07) is 3.07. The van der Waals surface area contributed by atoms with Crippen molar-refractivity contribution in [1.29, 1.82) is 0 Å². The number of nitrogens with zero attached hydrogens (tertiary/aromatic N) is 3. The first-order valence-corrected chi connectivity index (χ1v) is 7.12. The summed E-state index contributed by atoms with van der Waals surface area (Å²) in [5, 5.41) is 7.39. The van der Waals surface area contributed by atoms with Crippen LogP contribution in [-0.4, -0.2) is 52.2 Å². The summed E-state index contributed by atoms with van der Waals surface area (Å²) >= 11 is 0. The zero-order valence-electron chi connectivity index (χ0n) is 13.0. The summed E-state index contributed by atoms with van der Waals surface area (Å²) in [7, 11) is 0. The van der Waals surface area contributed by atoms with E-state index in [9.17, 15) is 9.18 Å². The lowest BCUT2D eigenvalue weighted by molar-refractivity contribution is -0.0116. The molecule has 122 valence electrons. The number of likely N-dealkylation sites (tertiary alicyclic amines) is 1. The molecule has 0 aromatic carbocycles. The molecular formula is C14H21FN4O3. The fourth-order valence-electron chi connectivity index (χ4n) is 2.06. The van der Waals surface area contributed by atoms with Gasteiger partial charge in [-0.15, -0.1) is 10.2 Å².